The molecule has 2 atom stereocenters. The van der Waals surface area contributed by atoms with E-state index in [9.17, 15) is 26.3 Å². The molecule has 0 spiro atoms. The number of piperidine rings is 1. The fourth-order valence-electron chi connectivity index (χ4n) is 4.05. The molecule has 2 aliphatic rings. The molecule has 202 valence electrons. The molecule has 0 bridgehead atoms. The number of aryl methyl sites for hydroxylation is 1. The molecular formula is C21H26F6N4O4S. The summed E-state index contributed by atoms with van der Waals surface area (Å²) in [6.07, 6.45) is -4.67. The molecule has 4 heterocycles. The molecule has 4 rings (SSSR count). The number of nitrogens with zero attached hydrogens (tertiary/aromatic N) is 4. The number of carboxylic acids is 2. The maximum absolute atomic E-state index is 10.6. The topological polar surface area (TPSA) is 98.9 Å². The lowest BCUT2D eigenvalue weighted by molar-refractivity contribution is -0.193. The van der Waals surface area contributed by atoms with E-state index in [2.05, 4.69) is 38.6 Å². The maximum atomic E-state index is 10.6. The highest BCUT2D eigenvalue weighted by Gasteiger charge is 2.39. The number of hydrogen-bond donors (Lipinski definition) is 2. The highest BCUT2D eigenvalue weighted by atomic mass is 32.1. The lowest BCUT2D eigenvalue weighted by Crippen LogP contribution is -2.39. The number of hydrogen-bond acceptors (Lipinski definition) is 6. The van der Waals surface area contributed by atoms with Crippen molar-refractivity contribution in [3.05, 3.63) is 40.3 Å². The van der Waals surface area contributed by atoms with Crippen LogP contribution in [0.3, 0.4) is 0 Å². The van der Waals surface area contributed by atoms with Gasteiger partial charge in [0.1, 0.15) is 0 Å². The van der Waals surface area contributed by atoms with E-state index in [1.807, 2.05) is 29.3 Å². The van der Waals surface area contributed by atoms with Gasteiger partial charge in [-0.05, 0) is 36.2 Å². The van der Waals surface area contributed by atoms with Crippen LogP contribution in [-0.2, 0) is 29.7 Å². The molecule has 2 aliphatic heterocycles. The van der Waals surface area contributed by atoms with E-state index in [4.69, 9.17) is 19.8 Å². The van der Waals surface area contributed by atoms with Crippen molar-refractivity contribution in [2.75, 3.05) is 26.2 Å². The molecule has 0 amide bonds. The number of carboxylic acid groups (broad SMARTS) is 2. The first kappa shape index (κ1) is 29.6. The number of aliphatic carboxylic acids is 2. The smallest absolute Gasteiger partial charge is 0.475 e. The number of rotatable bonds is 4. The zero-order valence-electron chi connectivity index (χ0n) is 19.2. The average Bonchev–Trinajstić information content (AvgIpc) is 3.49. The van der Waals surface area contributed by atoms with Gasteiger partial charge in [0.05, 0.1) is 6.20 Å². The predicted molar refractivity (Wildman–Crippen MR) is 117 cm³/mol. The number of likely N-dealkylation sites (tertiary alicyclic amines) is 2. The Morgan fingerprint density at radius 1 is 1.00 bits per heavy atom. The van der Waals surface area contributed by atoms with E-state index in [-0.39, 0.29) is 0 Å². The average molecular weight is 545 g/mol. The lowest BCUT2D eigenvalue weighted by atomic mass is 9.88. The highest BCUT2D eigenvalue weighted by Crippen LogP contribution is 2.33. The number of alkyl halides is 6. The summed E-state index contributed by atoms with van der Waals surface area (Å²) in [5.41, 5.74) is 1.34. The van der Waals surface area contributed by atoms with Gasteiger partial charge in [0.25, 0.3) is 0 Å². The maximum Gasteiger partial charge on any atom is 0.490 e. The Hall–Kier alpha value is -2.65. The first-order valence-electron chi connectivity index (χ1n) is 10.7. The molecule has 15 heteroatoms. The van der Waals surface area contributed by atoms with Crippen LogP contribution < -0.4 is 0 Å². The second-order valence-corrected chi connectivity index (χ2v) is 9.48. The fraction of sp³-hybridized carbons (Fsp3) is 0.571. The summed E-state index contributed by atoms with van der Waals surface area (Å²) in [5, 5.41) is 20.7. The molecule has 0 unspecified atom stereocenters. The molecule has 0 aliphatic carbocycles. The van der Waals surface area contributed by atoms with Crippen molar-refractivity contribution in [3.8, 4) is 0 Å². The van der Waals surface area contributed by atoms with Gasteiger partial charge in [-0.15, -0.1) is 11.3 Å². The van der Waals surface area contributed by atoms with Crippen LogP contribution in [0, 0.1) is 11.8 Å². The Morgan fingerprint density at radius 3 is 2.03 bits per heavy atom. The minimum absolute atomic E-state index is 0.852. The molecule has 8 nitrogen and oxygen atoms in total. The van der Waals surface area contributed by atoms with Crippen molar-refractivity contribution in [2.45, 2.75) is 31.9 Å². The molecule has 2 fully saturated rings. The van der Waals surface area contributed by atoms with Gasteiger partial charge in [0.2, 0.25) is 0 Å². The predicted octanol–water partition coefficient (Wildman–Crippen LogP) is 3.70. The van der Waals surface area contributed by atoms with E-state index in [0.29, 0.717) is 0 Å². The molecule has 2 aromatic heterocycles. The third-order valence-electron chi connectivity index (χ3n) is 5.57. The SMILES string of the molecule is Cn1cc(CN2CC[C@@H]3CN(Cc4cccs4)C[C@@H]3C2)cn1.O=C(O)C(F)(F)F.O=C(O)C(F)(F)F. The minimum atomic E-state index is -5.08. The first-order valence-corrected chi connectivity index (χ1v) is 11.6. The number of aromatic nitrogens is 2. The standard InChI is InChI=1S/C17H24N4S.2C2HF3O2/c1-19-8-14(7-18-19)9-20-5-4-15-10-21(12-16(15)11-20)13-17-3-2-6-22-17;2*3-2(4,5)1(6)7/h2-3,6-8,15-16H,4-5,9-13H2,1H3;2*(H,6,7)/t15-,16+;;/m1../s1. The molecule has 0 aromatic carbocycles. The van der Waals surface area contributed by atoms with E-state index in [0.717, 1.165) is 24.9 Å². The largest absolute Gasteiger partial charge is 0.490 e. The van der Waals surface area contributed by atoms with Crippen LogP contribution in [0.15, 0.2) is 29.9 Å². The second kappa shape index (κ2) is 12.5. The van der Waals surface area contributed by atoms with Crippen molar-refractivity contribution in [3.63, 3.8) is 0 Å². The monoisotopic (exact) mass is 544 g/mol. The Balaban J connectivity index is 0.000000271. The van der Waals surface area contributed by atoms with Crippen LogP contribution in [0.5, 0.6) is 0 Å². The summed E-state index contributed by atoms with van der Waals surface area (Å²) >= 11 is 1.89. The quantitative estimate of drug-likeness (QED) is 0.567. The minimum Gasteiger partial charge on any atom is -0.475 e. The van der Waals surface area contributed by atoms with Gasteiger partial charge >= 0.3 is 24.3 Å². The van der Waals surface area contributed by atoms with E-state index in [1.165, 1.54) is 43.0 Å². The van der Waals surface area contributed by atoms with Crippen LogP contribution in [0.2, 0.25) is 0 Å². The van der Waals surface area contributed by atoms with E-state index >= 15 is 0 Å². The van der Waals surface area contributed by atoms with Crippen molar-refractivity contribution >= 4 is 23.3 Å². The Kier molecular flexibility index (Phi) is 10.3. The van der Waals surface area contributed by atoms with Gasteiger partial charge in [-0.3, -0.25) is 14.5 Å². The fourth-order valence-corrected chi connectivity index (χ4v) is 4.79. The molecule has 2 aromatic rings. The van der Waals surface area contributed by atoms with Crippen molar-refractivity contribution in [1.82, 2.24) is 19.6 Å². The molecule has 0 saturated carbocycles. The van der Waals surface area contributed by atoms with Gasteiger partial charge in [0.15, 0.2) is 0 Å². The summed E-state index contributed by atoms with van der Waals surface area (Å²) in [6.45, 7) is 7.26. The van der Waals surface area contributed by atoms with Crippen molar-refractivity contribution < 1.29 is 46.1 Å². The van der Waals surface area contributed by atoms with Crippen LogP contribution in [0.25, 0.3) is 0 Å². The number of thiophene rings is 1. The normalized spacial score (nSPS) is 20.5. The van der Waals surface area contributed by atoms with Gasteiger partial charge in [-0.1, -0.05) is 6.07 Å². The zero-order chi connectivity index (χ0) is 27.1. The van der Waals surface area contributed by atoms with Crippen molar-refractivity contribution in [1.29, 1.82) is 0 Å². The molecule has 2 N–H and O–H groups in total. The Morgan fingerprint density at radius 2 is 1.56 bits per heavy atom. The molecular weight excluding hydrogens is 518 g/mol. The molecule has 2 saturated heterocycles. The molecule has 0 radical (unpaired) electrons. The van der Waals surface area contributed by atoms with Crippen LogP contribution in [0.4, 0.5) is 26.3 Å². The van der Waals surface area contributed by atoms with E-state index in [1.54, 1.807) is 0 Å². The first-order chi connectivity index (χ1) is 16.6. The lowest BCUT2D eigenvalue weighted by Gasteiger charge is -2.34. The summed E-state index contributed by atoms with van der Waals surface area (Å²) in [4.78, 5) is 24.6. The number of carbonyl (C=O) groups is 2. The zero-order valence-corrected chi connectivity index (χ0v) is 20.0. The summed E-state index contributed by atoms with van der Waals surface area (Å²) < 4.78 is 65.4. The summed E-state index contributed by atoms with van der Waals surface area (Å²) in [6, 6.07) is 4.43. The summed E-state index contributed by atoms with van der Waals surface area (Å²) in [5.74, 6) is -3.75. The number of halogens is 6. The van der Waals surface area contributed by atoms with Gasteiger partial charge in [-0.25, -0.2) is 9.59 Å². The van der Waals surface area contributed by atoms with Crippen LogP contribution in [0.1, 0.15) is 16.9 Å². The van der Waals surface area contributed by atoms with Crippen molar-refractivity contribution in [2.24, 2.45) is 18.9 Å². The van der Waals surface area contributed by atoms with Gasteiger partial charge < -0.3 is 10.2 Å². The highest BCUT2D eigenvalue weighted by molar-refractivity contribution is 7.09. The Bertz CT molecular complexity index is 956. The molecule has 36 heavy (non-hydrogen) atoms. The Labute approximate surface area is 206 Å². The second-order valence-electron chi connectivity index (χ2n) is 8.45. The van der Waals surface area contributed by atoms with E-state index < -0.39 is 24.3 Å². The van der Waals surface area contributed by atoms with Gasteiger partial charge in [-0.2, -0.15) is 31.4 Å². The number of fused-ring (bicyclic) bond motifs is 1. The third-order valence-corrected chi connectivity index (χ3v) is 6.43. The van der Waals surface area contributed by atoms with Crippen LogP contribution in [-0.4, -0.2) is 80.3 Å². The van der Waals surface area contributed by atoms with Gasteiger partial charge in [0, 0.05) is 56.4 Å². The van der Waals surface area contributed by atoms with Crippen LogP contribution >= 0.6 is 11.3 Å². The third kappa shape index (κ3) is 9.78. The summed E-state index contributed by atoms with van der Waals surface area (Å²) in [7, 11) is 2.00.